The molecule has 1 atom stereocenters. The van der Waals surface area contributed by atoms with E-state index in [1.165, 1.54) is 0 Å². The zero-order valence-electron chi connectivity index (χ0n) is 11.2. The minimum atomic E-state index is -0.508. The van der Waals surface area contributed by atoms with Gasteiger partial charge in [-0.1, -0.05) is 60.7 Å². The first-order chi connectivity index (χ1) is 9.25. The van der Waals surface area contributed by atoms with Crippen LogP contribution in [0.4, 0.5) is 0 Å². The van der Waals surface area contributed by atoms with Crippen LogP contribution in [0, 0.1) is 0 Å². The predicted octanol–water partition coefficient (Wildman–Crippen LogP) is 2.29. The molecule has 20 heavy (non-hydrogen) atoms. The molecular formula is C16H19ClN2O. The Morgan fingerprint density at radius 2 is 1.45 bits per heavy atom. The van der Waals surface area contributed by atoms with E-state index in [-0.39, 0.29) is 18.3 Å². The largest absolute Gasteiger partial charge is 0.351 e. The number of carbonyl (C=O) groups is 1. The van der Waals surface area contributed by atoms with Gasteiger partial charge in [-0.15, -0.1) is 12.4 Å². The molecule has 0 saturated carbocycles. The minimum Gasteiger partial charge on any atom is -0.351 e. The van der Waals surface area contributed by atoms with Gasteiger partial charge in [-0.3, -0.25) is 4.79 Å². The molecule has 2 aromatic rings. The summed E-state index contributed by atoms with van der Waals surface area (Å²) in [6, 6.07) is 19.1. The van der Waals surface area contributed by atoms with Crippen LogP contribution >= 0.6 is 12.4 Å². The van der Waals surface area contributed by atoms with Gasteiger partial charge >= 0.3 is 0 Å². The number of nitrogens with two attached hydrogens (primary N) is 1. The topological polar surface area (TPSA) is 55.1 Å². The van der Waals surface area contributed by atoms with Crippen molar-refractivity contribution >= 4 is 18.3 Å². The molecule has 0 aromatic heterocycles. The first-order valence-electron chi connectivity index (χ1n) is 6.37. The number of rotatable bonds is 5. The highest BCUT2D eigenvalue weighted by Crippen LogP contribution is 2.02. The fourth-order valence-corrected chi connectivity index (χ4v) is 1.88. The zero-order valence-corrected chi connectivity index (χ0v) is 12.0. The van der Waals surface area contributed by atoms with E-state index in [9.17, 15) is 4.79 Å². The number of amides is 1. The third kappa shape index (κ3) is 5.03. The lowest BCUT2D eigenvalue weighted by Crippen LogP contribution is -2.41. The standard InChI is InChI=1S/C16H18N2O.ClH/c17-15(11-13-7-3-1-4-8-13)16(19)18-12-14-9-5-2-6-10-14;/h1-10,15H,11-12,17H2,(H,18,19);1H/t15-;/m0./s1. The SMILES string of the molecule is Cl.N[C@@H](Cc1ccccc1)C(=O)NCc1ccccc1. The van der Waals surface area contributed by atoms with Crippen molar-refractivity contribution in [2.75, 3.05) is 0 Å². The Morgan fingerprint density at radius 3 is 2.00 bits per heavy atom. The van der Waals surface area contributed by atoms with Crippen molar-refractivity contribution in [3.05, 3.63) is 71.8 Å². The summed E-state index contributed by atoms with van der Waals surface area (Å²) in [5.74, 6) is -0.118. The number of benzene rings is 2. The molecule has 3 nitrogen and oxygen atoms in total. The van der Waals surface area contributed by atoms with Crippen LogP contribution in [0.1, 0.15) is 11.1 Å². The zero-order chi connectivity index (χ0) is 13.5. The first-order valence-corrected chi connectivity index (χ1v) is 6.37. The lowest BCUT2D eigenvalue weighted by atomic mass is 10.1. The maximum absolute atomic E-state index is 11.9. The molecule has 0 aliphatic carbocycles. The summed E-state index contributed by atoms with van der Waals surface area (Å²) in [5, 5.41) is 2.86. The summed E-state index contributed by atoms with van der Waals surface area (Å²) in [6.07, 6.45) is 0.557. The monoisotopic (exact) mass is 290 g/mol. The van der Waals surface area contributed by atoms with Crippen LogP contribution in [-0.2, 0) is 17.8 Å². The highest BCUT2D eigenvalue weighted by molar-refractivity contribution is 5.85. The molecule has 1 amide bonds. The quantitative estimate of drug-likeness (QED) is 0.888. The predicted molar refractivity (Wildman–Crippen MR) is 83.7 cm³/mol. The molecule has 0 radical (unpaired) electrons. The highest BCUT2D eigenvalue weighted by Gasteiger charge is 2.13. The van der Waals surface area contributed by atoms with Crippen LogP contribution < -0.4 is 11.1 Å². The molecule has 2 rings (SSSR count). The number of halogens is 1. The summed E-state index contributed by atoms with van der Waals surface area (Å²) >= 11 is 0. The molecule has 106 valence electrons. The van der Waals surface area contributed by atoms with Crippen LogP contribution in [0.3, 0.4) is 0 Å². The molecule has 0 unspecified atom stereocenters. The van der Waals surface area contributed by atoms with Gasteiger partial charge in [0.2, 0.25) is 5.91 Å². The summed E-state index contributed by atoms with van der Waals surface area (Å²) in [7, 11) is 0. The Hall–Kier alpha value is -1.84. The van der Waals surface area contributed by atoms with E-state index >= 15 is 0 Å². The Kier molecular flexibility index (Phi) is 6.77. The highest BCUT2D eigenvalue weighted by atomic mass is 35.5. The van der Waals surface area contributed by atoms with Crippen molar-refractivity contribution in [3.63, 3.8) is 0 Å². The first kappa shape index (κ1) is 16.2. The van der Waals surface area contributed by atoms with Crippen molar-refractivity contribution in [2.45, 2.75) is 19.0 Å². The third-order valence-electron chi connectivity index (χ3n) is 2.94. The van der Waals surface area contributed by atoms with Gasteiger partial charge in [0, 0.05) is 6.54 Å². The fraction of sp³-hybridized carbons (Fsp3) is 0.188. The molecule has 0 aliphatic rings. The summed E-state index contributed by atoms with van der Waals surface area (Å²) in [4.78, 5) is 11.9. The van der Waals surface area contributed by atoms with Crippen molar-refractivity contribution in [1.82, 2.24) is 5.32 Å². The van der Waals surface area contributed by atoms with Crippen molar-refractivity contribution < 1.29 is 4.79 Å². The molecule has 0 aliphatic heterocycles. The Labute approximate surface area is 125 Å². The van der Waals surface area contributed by atoms with Gasteiger partial charge in [-0.05, 0) is 17.5 Å². The molecular weight excluding hydrogens is 272 g/mol. The average Bonchev–Trinajstić information content (AvgIpc) is 2.47. The van der Waals surface area contributed by atoms with Gasteiger partial charge in [0.15, 0.2) is 0 Å². The molecule has 2 aromatic carbocycles. The lowest BCUT2D eigenvalue weighted by molar-refractivity contribution is -0.122. The lowest BCUT2D eigenvalue weighted by Gasteiger charge is -2.12. The molecule has 3 N–H and O–H groups in total. The minimum absolute atomic E-state index is 0. The van der Waals surface area contributed by atoms with E-state index in [2.05, 4.69) is 5.32 Å². The second kappa shape index (κ2) is 8.35. The maximum Gasteiger partial charge on any atom is 0.237 e. The number of nitrogens with one attached hydrogen (secondary N) is 1. The second-order valence-electron chi connectivity index (χ2n) is 4.50. The van der Waals surface area contributed by atoms with E-state index in [4.69, 9.17) is 5.73 Å². The van der Waals surface area contributed by atoms with Crippen molar-refractivity contribution in [3.8, 4) is 0 Å². The van der Waals surface area contributed by atoms with Crippen LogP contribution in [0.25, 0.3) is 0 Å². The fourth-order valence-electron chi connectivity index (χ4n) is 1.88. The number of hydrogen-bond acceptors (Lipinski definition) is 2. The Balaban J connectivity index is 0.00000200. The molecule has 0 spiro atoms. The second-order valence-corrected chi connectivity index (χ2v) is 4.50. The van der Waals surface area contributed by atoms with Gasteiger partial charge in [-0.2, -0.15) is 0 Å². The van der Waals surface area contributed by atoms with E-state index in [0.29, 0.717) is 13.0 Å². The van der Waals surface area contributed by atoms with E-state index < -0.39 is 6.04 Å². The van der Waals surface area contributed by atoms with E-state index in [1.54, 1.807) is 0 Å². The normalized spacial score (nSPS) is 11.2. The average molecular weight is 291 g/mol. The summed E-state index contributed by atoms with van der Waals surface area (Å²) in [5.41, 5.74) is 8.05. The van der Waals surface area contributed by atoms with E-state index in [1.807, 2.05) is 60.7 Å². The van der Waals surface area contributed by atoms with Crippen molar-refractivity contribution in [1.29, 1.82) is 0 Å². The van der Waals surface area contributed by atoms with Gasteiger partial charge in [-0.25, -0.2) is 0 Å². The summed E-state index contributed by atoms with van der Waals surface area (Å²) in [6.45, 7) is 0.516. The van der Waals surface area contributed by atoms with Crippen LogP contribution in [0.15, 0.2) is 60.7 Å². The van der Waals surface area contributed by atoms with Crippen LogP contribution in [0.2, 0.25) is 0 Å². The molecule has 0 saturated heterocycles. The maximum atomic E-state index is 11.9. The van der Waals surface area contributed by atoms with Gasteiger partial charge < -0.3 is 11.1 Å². The summed E-state index contributed by atoms with van der Waals surface area (Å²) < 4.78 is 0. The Morgan fingerprint density at radius 1 is 0.950 bits per heavy atom. The number of carbonyl (C=O) groups excluding carboxylic acids is 1. The molecule has 0 fully saturated rings. The van der Waals surface area contributed by atoms with Crippen LogP contribution in [0.5, 0.6) is 0 Å². The molecule has 4 heteroatoms. The smallest absolute Gasteiger partial charge is 0.237 e. The van der Waals surface area contributed by atoms with Crippen LogP contribution in [-0.4, -0.2) is 11.9 Å². The van der Waals surface area contributed by atoms with Gasteiger partial charge in [0.05, 0.1) is 6.04 Å². The van der Waals surface area contributed by atoms with Crippen molar-refractivity contribution in [2.24, 2.45) is 5.73 Å². The van der Waals surface area contributed by atoms with Gasteiger partial charge in [0.25, 0.3) is 0 Å². The number of hydrogen-bond donors (Lipinski definition) is 2. The van der Waals surface area contributed by atoms with Gasteiger partial charge in [0.1, 0.15) is 0 Å². The molecule has 0 heterocycles. The Bertz CT molecular complexity index is 517. The van der Waals surface area contributed by atoms with E-state index in [0.717, 1.165) is 11.1 Å². The molecule has 0 bridgehead atoms. The third-order valence-corrected chi connectivity index (χ3v) is 2.94.